The van der Waals surface area contributed by atoms with Crippen LogP contribution < -0.4 is 10.2 Å². The highest BCUT2D eigenvalue weighted by molar-refractivity contribution is 5.23. The van der Waals surface area contributed by atoms with E-state index in [1.165, 1.54) is 19.3 Å². The van der Waals surface area contributed by atoms with Gasteiger partial charge in [0.1, 0.15) is 0 Å². The molecule has 2 rings (SSSR count). The lowest BCUT2D eigenvalue weighted by Crippen LogP contribution is -2.32. The van der Waals surface area contributed by atoms with Crippen LogP contribution in [-0.4, -0.2) is 29.8 Å². The van der Waals surface area contributed by atoms with Gasteiger partial charge in [-0.2, -0.15) is 0 Å². The monoisotopic (exact) mass is 252 g/mol. The maximum absolute atomic E-state index is 5.69. The second-order valence-electron chi connectivity index (χ2n) is 4.99. The van der Waals surface area contributed by atoms with Crippen molar-refractivity contribution in [2.24, 2.45) is 5.92 Å². The summed E-state index contributed by atoms with van der Waals surface area (Å²) < 4.78 is 5.69. The van der Waals surface area contributed by atoms with Crippen molar-refractivity contribution in [3.63, 3.8) is 0 Å². The molecular weight excluding hydrogens is 228 g/mol. The number of hydrogen-bond donors (Lipinski definition) is 1. The molecule has 0 spiro atoms. The number of hydrogen-bond acceptors (Lipinski definition) is 5. The first-order chi connectivity index (χ1) is 8.83. The largest absolute Gasteiger partial charge is 0.407 e. The molecule has 1 heterocycles. The van der Waals surface area contributed by atoms with Crippen LogP contribution in [0.4, 0.5) is 6.01 Å². The summed E-state index contributed by atoms with van der Waals surface area (Å²) in [6, 6.07) is 0.678. The van der Waals surface area contributed by atoms with Crippen LogP contribution in [-0.2, 0) is 6.54 Å². The van der Waals surface area contributed by atoms with Gasteiger partial charge in [0.05, 0.1) is 6.54 Å². The molecular formula is C13H24N4O. The summed E-state index contributed by atoms with van der Waals surface area (Å²) >= 11 is 0. The Morgan fingerprint density at radius 1 is 1.33 bits per heavy atom. The molecule has 1 aliphatic carbocycles. The predicted molar refractivity (Wildman–Crippen MR) is 71.5 cm³/mol. The van der Waals surface area contributed by atoms with Gasteiger partial charge in [-0.25, -0.2) is 0 Å². The highest BCUT2D eigenvalue weighted by Gasteiger charge is 2.22. The number of anilines is 1. The van der Waals surface area contributed by atoms with Crippen LogP contribution in [0.5, 0.6) is 0 Å². The number of nitrogens with one attached hydrogen (secondary N) is 1. The summed E-state index contributed by atoms with van der Waals surface area (Å²) in [4.78, 5) is 2.19. The minimum absolute atomic E-state index is 0.668. The predicted octanol–water partition coefficient (Wildman–Crippen LogP) is 2.20. The Morgan fingerprint density at radius 3 is 2.78 bits per heavy atom. The Morgan fingerprint density at radius 2 is 2.17 bits per heavy atom. The van der Waals surface area contributed by atoms with Gasteiger partial charge in [-0.05, 0) is 38.6 Å². The van der Waals surface area contributed by atoms with E-state index in [4.69, 9.17) is 4.42 Å². The first kappa shape index (κ1) is 13.3. The van der Waals surface area contributed by atoms with Gasteiger partial charge in [0.2, 0.25) is 5.89 Å². The van der Waals surface area contributed by atoms with Crippen molar-refractivity contribution in [2.75, 3.05) is 24.5 Å². The normalized spacial score (nSPS) is 15.7. The maximum Gasteiger partial charge on any atom is 0.318 e. The molecule has 1 aliphatic rings. The van der Waals surface area contributed by atoms with Crippen LogP contribution in [0.3, 0.4) is 0 Å². The van der Waals surface area contributed by atoms with Crippen molar-refractivity contribution in [3.05, 3.63) is 5.89 Å². The van der Waals surface area contributed by atoms with Crippen LogP contribution in [0.1, 0.15) is 45.4 Å². The van der Waals surface area contributed by atoms with Crippen LogP contribution in [0.2, 0.25) is 0 Å². The average molecular weight is 252 g/mol. The second kappa shape index (κ2) is 6.73. The molecule has 102 valence electrons. The van der Waals surface area contributed by atoms with E-state index in [-0.39, 0.29) is 0 Å². The van der Waals surface area contributed by atoms with Crippen LogP contribution in [0, 0.1) is 5.92 Å². The highest BCUT2D eigenvalue weighted by atomic mass is 16.4. The lowest BCUT2D eigenvalue weighted by molar-refractivity contribution is 0.312. The zero-order valence-electron chi connectivity index (χ0n) is 11.5. The minimum Gasteiger partial charge on any atom is -0.407 e. The van der Waals surface area contributed by atoms with E-state index in [9.17, 15) is 0 Å². The molecule has 1 saturated carbocycles. The molecule has 0 radical (unpaired) electrons. The Bertz CT molecular complexity index is 349. The van der Waals surface area contributed by atoms with Crippen LogP contribution in [0.15, 0.2) is 4.42 Å². The summed E-state index contributed by atoms with van der Waals surface area (Å²) in [5.41, 5.74) is 0. The average Bonchev–Trinajstić information content (AvgIpc) is 2.77. The first-order valence-electron chi connectivity index (χ1n) is 7.11. The summed E-state index contributed by atoms with van der Waals surface area (Å²) in [5.74, 6) is 1.50. The molecule has 0 saturated heterocycles. The SMILES string of the molecule is CCCNCc1nnc(N(CC)CC2CCC2)o1. The lowest BCUT2D eigenvalue weighted by atomic mass is 9.85. The molecule has 5 heteroatoms. The molecule has 0 amide bonds. The quantitative estimate of drug-likeness (QED) is 0.719. The summed E-state index contributed by atoms with van der Waals surface area (Å²) in [6.45, 7) is 7.92. The standard InChI is InChI=1S/C13H24N4O/c1-3-8-14-9-12-15-16-13(18-12)17(4-2)10-11-6-5-7-11/h11,14H,3-10H2,1-2H3. The van der Waals surface area contributed by atoms with E-state index in [1.807, 2.05) is 0 Å². The number of aromatic nitrogens is 2. The van der Waals surface area contributed by atoms with Gasteiger partial charge < -0.3 is 14.6 Å². The molecule has 5 nitrogen and oxygen atoms in total. The van der Waals surface area contributed by atoms with E-state index < -0.39 is 0 Å². The highest BCUT2D eigenvalue weighted by Crippen LogP contribution is 2.28. The van der Waals surface area contributed by atoms with E-state index in [1.54, 1.807) is 0 Å². The van der Waals surface area contributed by atoms with E-state index in [0.29, 0.717) is 18.5 Å². The molecule has 0 unspecified atom stereocenters. The third kappa shape index (κ3) is 3.45. The van der Waals surface area contributed by atoms with Crippen molar-refractivity contribution in [1.82, 2.24) is 15.5 Å². The van der Waals surface area contributed by atoms with Crippen molar-refractivity contribution in [1.29, 1.82) is 0 Å². The molecule has 0 atom stereocenters. The molecule has 0 aromatic carbocycles. The van der Waals surface area contributed by atoms with Crippen molar-refractivity contribution in [2.45, 2.75) is 46.1 Å². The molecule has 0 aliphatic heterocycles. The molecule has 1 N–H and O–H groups in total. The minimum atomic E-state index is 0.668. The zero-order chi connectivity index (χ0) is 12.8. The molecule has 0 bridgehead atoms. The fraction of sp³-hybridized carbons (Fsp3) is 0.846. The summed E-state index contributed by atoms with van der Waals surface area (Å²) in [6.07, 6.45) is 5.17. The summed E-state index contributed by atoms with van der Waals surface area (Å²) in [5, 5.41) is 11.5. The fourth-order valence-corrected chi connectivity index (χ4v) is 2.15. The Labute approximate surface area is 109 Å². The van der Waals surface area contributed by atoms with Gasteiger partial charge in [-0.15, -0.1) is 5.10 Å². The van der Waals surface area contributed by atoms with Gasteiger partial charge in [0, 0.05) is 13.1 Å². The smallest absolute Gasteiger partial charge is 0.318 e. The van der Waals surface area contributed by atoms with Crippen molar-refractivity contribution < 1.29 is 4.42 Å². The van der Waals surface area contributed by atoms with Gasteiger partial charge in [0.15, 0.2) is 0 Å². The maximum atomic E-state index is 5.69. The fourth-order valence-electron chi connectivity index (χ4n) is 2.15. The van der Waals surface area contributed by atoms with Crippen LogP contribution in [0.25, 0.3) is 0 Å². The van der Waals surface area contributed by atoms with Crippen LogP contribution >= 0.6 is 0 Å². The van der Waals surface area contributed by atoms with Gasteiger partial charge >= 0.3 is 6.01 Å². The number of rotatable bonds is 8. The second-order valence-corrected chi connectivity index (χ2v) is 4.99. The first-order valence-corrected chi connectivity index (χ1v) is 7.11. The molecule has 1 aromatic rings. The van der Waals surface area contributed by atoms with E-state index in [2.05, 4.69) is 34.3 Å². The molecule has 1 fully saturated rings. The third-order valence-electron chi connectivity index (χ3n) is 3.51. The Kier molecular flexibility index (Phi) is 4.99. The van der Waals surface area contributed by atoms with Gasteiger partial charge in [-0.3, -0.25) is 0 Å². The zero-order valence-corrected chi connectivity index (χ0v) is 11.5. The van der Waals surface area contributed by atoms with Gasteiger partial charge in [0.25, 0.3) is 0 Å². The van der Waals surface area contributed by atoms with E-state index >= 15 is 0 Å². The van der Waals surface area contributed by atoms with E-state index in [0.717, 1.165) is 32.0 Å². The summed E-state index contributed by atoms with van der Waals surface area (Å²) in [7, 11) is 0. The third-order valence-corrected chi connectivity index (χ3v) is 3.51. The Hall–Kier alpha value is -1.10. The van der Waals surface area contributed by atoms with Crippen molar-refractivity contribution in [3.8, 4) is 0 Å². The molecule has 18 heavy (non-hydrogen) atoms. The van der Waals surface area contributed by atoms with Gasteiger partial charge in [-0.1, -0.05) is 18.4 Å². The Balaban J connectivity index is 1.85. The molecule has 1 aromatic heterocycles. The van der Waals surface area contributed by atoms with Crippen molar-refractivity contribution >= 4 is 6.01 Å². The lowest BCUT2D eigenvalue weighted by Gasteiger charge is -2.30. The number of nitrogens with zero attached hydrogens (tertiary/aromatic N) is 3. The topological polar surface area (TPSA) is 54.2 Å².